The van der Waals surface area contributed by atoms with Crippen LogP contribution >= 0.6 is 12.4 Å². The van der Waals surface area contributed by atoms with E-state index >= 15 is 0 Å². The molecule has 134 valence electrons. The first-order valence-corrected chi connectivity index (χ1v) is 9.02. The Morgan fingerprint density at radius 2 is 2.12 bits per heavy atom. The van der Waals surface area contributed by atoms with Gasteiger partial charge in [0.05, 0.1) is 6.10 Å². The molecule has 0 radical (unpaired) electrons. The van der Waals surface area contributed by atoms with E-state index in [9.17, 15) is 4.79 Å². The number of amides is 1. The molecule has 2 atom stereocenters. The molecule has 5 heteroatoms. The monoisotopic (exact) mass is 352 g/mol. The van der Waals surface area contributed by atoms with Gasteiger partial charge in [0.1, 0.15) is 0 Å². The lowest BCUT2D eigenvalue weighted by Crippen LogP contribution is -2.32. The van der Waals surface area contributed by atoms with Gasteiger partial charge in [-0.25, -0.2) is 0 Å². The highest BCUT2D eigenvalue weighted by Gasteiger charge is 2.20. The van der Waals surface area contributed by atoms with Gasteiger partial charge in [-0.05, 0) is 56.2 Å². The van der Waals surface area contributed by atoms with Crippen LogP contribution in [0.1, 0.15) is 55.8 Å². The lowest BCUT2D eigenvalue weighted by atomic mass is 9.89. The third kappa shape index (κ3) is 5.47. The predicted octanol–water partition coefficient (Wildman–Crippen LogP) is 3.15. The second-order valence-corrected chi connectivity index (χ2v) is 6.65. The van der Waals surface area contributed by atoms with Crippen molar-refractivity contribution in [2.75, 3.05) is 19.7 Å². The van der Waals surface area contributed by atoms with Crippen molar-refractivity contribution >= 4 is 18.3 Å². The molecule has 1 fully saturated rings. The van der Waals surface area contributed by atoms with Crippen molar-refractivity contribution in [1.29, 1.82) is 0 Å². The van der Waals surface area contributed by atoms with Crippen molar-refractivity contribution in [3.05, 3.63) is 35.4 Å². The van der Waals surface area contributed by atoms with E-state index in [1.165, 1.54) is 30.4 Å². The largest absolute Gasteiger partial charge is 0.373 e. The Morgan fingerprint density at radius 3 is 2.96 bits per heavy atom. The Balaban J connectivity index is 0.00000208. The number of nitrogens with one attached hydrogen (secondary N) is 2. The van der Waals surface area contributed by atoms with Crippen LogP contribution in [0.4, 0.5) is 0 Å². The molecule has 1 aliphatic carbocycles. The lowest BCUT2D eigenvalue weighted by Gasteiger charge is -2.25. The second kappa shape index (κ2) is 10.0. The molecule has 0 aromatic heterocycles. The number of benzene rings is 1. The molecule has 1 aromatic rings. The molecule has 1 aliphatic heterocycles. The molecule has 24 heavy (non-hydrogen) atoms. The molecular formula is C19H29ClN2O2. The zero-order valence-electron chi connectivity index (χ0n) is 14.3. The molecule has 0 spiro atoms. The standard InChI is InChI=1S/C19H28N2O2.ClH/c22-19(14-16-8-4-11-20-16)21-12-5-13-23-18-10-3-7-15-6-1-2-9-17(15)18;/h1-2,6,9,16,18,20H,3-5,7-8,10-14H2,(H,21,22);1H. The highest BCUT2D eigenvalue weighted by molar-refractivity contribution is 5.85. The van der Waals surface area contributed by atoms with Crippen LogP contribution in [-0.2, 0) is 16.0 Å². The molecule has 1 heterocycles. The van der Waals surface area contributed by atoms with Crippen LogP contribution < -0.4 is 10.6 Å². The molecule has 0 saturated carbocycles. The van der Waals surface area contributed by atoms with Gasteiger partial charge in [0.15, 0.2) is 0 Å². The molecule has 2 unspecified atom stereocenters. The summed E-state index contributed by atoms with van der Waals surface area (Å²) in [7, 11) is 0. The van der Waals surface area contributed by atoms with Crippen LogP contribution in [0.2, 0.25) is 0 Å². The fourth-order valence-corrected chi connectivity index (χ4v) is 3.63. The van der Waals surface area contributed by atoms with Gasteiger partial charge in [-0.1, -0.05) is 24.3 Å². The number of ether oxygens (including phenoxy) is 1. The highest BCUT2D eigenvalue weighted by Crippen LogP contribution is 2.32. The average molecular weight is 353 g/mol. The molecule has 1 saturated heterocycles. The Bertz CT molecular complexity index is 518. The number of fused-ring (bicyclic) bond motifs is 1. The number of halogens is 1. The van der Waals surface area contributed by atoms with Gasteiger partial charge in [-0.2, -0.15) is 0 Å². The average Bonchev–Trinajstić information content (AvgIpc) is 3.07. The Kier molecular flexibility index (Phi) is 8.03. The maximum atomic E-state index is 11.8. The third-order valence-electron chi connectivity index (χ3n) is 4.87. The summed E-state index contributed by atoms with van der Waals surface area (Å²) in [6.45, 7) is 2.47. The number of rotatable bonds is 7. The van der Waals surface area contributed by atoms with E-state index in [1.807, 2.05) is 0 Å². The number of hydrogen-bond acceptors (Lipinski definition) is 3. The van der Waals surface area contributed by atoms with E-state index < -0.39 is 0 Å². The molecule has 2 aliphatic rings. The van der Waals surface area contributed by atoms with E-state index in [1.54, 1.807) is 0 Å². The Labute approximate surface area is 151 Å². The van der Waals surface area contributed by atoms with Crippen LogP contribution in [0.15, 0.2) is 24.3 Å². The van der Waals surface area contributed by atoms with Crippen molar-refractivity contribution in [3.8, 4) is 0 Å². The minimum absolute atomic E-state index is 0. The van der Waals surface area contributed by atoms with Crippen LogP contribution in [0.3, 0.4) is 0 Å². The number of carbonyl (C=O) groups is 1. The van der Waals surface area contributed by atoms with Crippen molar-refractivity contribution in [2.24, 2.45) is 0 Å². The summed E-state index contributed by atoms with van der Waals surface area (Å²) in [5.41, 5.74) is 2.79. The molecule has 2 N–H and O–H groups in total. The highest BCUT2D eigenvalue weighted by atomic mass is 35.5. The van der Waals surface area contributed by atoms with Gasteiger partial charge >= 0.3 is 0 Å². The van der Waals surface area contributed by atoms with Gasteiger partial charge in [0.2, 0.25) is 5.91 Å². The van der Waals surface area contributed by atoms with E-state index in [-0.39, 0.29) is 24.4 Å². The van der Waals surface area contributed by atoms with Crippen LogP contribution in [0.5, 0.6) is 0 Å². The van der Waals surface area contributed by atoms with Crippen LogP contribution in [-0.4, -0.2) is 31.6 Å². The van der Waals surface area contributed by atoms with Crippen molar-refractivity contribution in [3.63, 3.8) is 0 Å². The Hall–Kier alpha value is -1.10. The van der Waals surface area contributed by atoms with Gasteiger partial charge < -0.3 is 15.4 Å². The zero-order chi connectivity index (χ0) is 15.9. The first-order chi connectivity index (χ1) is 11.3. The second-order valence-electron chi connectivity index (χ2n) is 6.65. The van der Waals surface area contributed by atoms with E-state index in [0.29, 0.717) is 25.6 Å². The van der Waals surface area contributed by atoms with Gasteiger partial charge in [0, 0.05) is 25.6 Å². The molecule has 4 nitrogen and oxygen atoms in total. The fraction of sp³-hybridized carbons (Fsp3) is 0.632. The van der Waals surface area contributed by atoms with E-state index in [2.05, 4.69) is 34.9 Å². The molecular weight excluding hydrogens is 324 g/mol. The van der Waals surface area contributed by atoms with Crippen LogP contribution in [0.25, 0.3) is 0 Å². The van der Waals surface area contributed by atoms with Crippen molar-refractivity contribution in [2.45, 2.75) is 57.1 Å². The molecule has 1 amide bonds. The quantitative estimate of drug-likeness (QED) is 0.741. The topological polar surface area (TPSA) is 50.4 Å². The summed E-state index contributed by atoms with van der Waals surface area (Å²) in [5.74, 6) is 0.160. The molecule has 0 bridgehead atoms. The van der Waals surface area contributed by atoms with Crippen molar-refractivity contribution < 1.29 is 9.53 Å². The minimum Gasteiger partial charge on any atom is -0.373 e. The normalized spacial score (nSPS) is 22.5. The van der Waals surface area contributed by atoms with Crippen LogP contribution in [0, 0.1) is 0 Å². The maximum Gasteiger partial charge on any atom is 0.221 e. The first kappa shape index (κ1) is 19.2. The summed E-state index contributed by atoms with van der Waals surface area (Å²) in [6.07, 6.45) is 7.51. The van der Waals surface area contributed by atoms with E-state index in [4.69, 9.17) is 4.74 Å². The lowest BCUT2D eigenvalue weighted by molar-refractivity contribution is -0.121. The number of aryl methyl sites for hydroxylation is 1. The maximum absolute atomic E-state index is 11.8. The third-order valence-corrected chi connectivity index (χ3v) is 4.87. The summed E-state index contributed by atoms with van der Waals surface area (Å²) < 4.78 is 6.06. The van der Waals surface area contributed by atoms with Crippen molar-refractivity contribution in [1.82, 2.24) is 10.6 Å². The van der Waals surface area contributed by atoms with Gasteiger partial charge in [-0.15, -0.1) is 12.4 Å². The minimum atomic E-state index is 0. The summed E-state index contributed by atoms with van der Waals surface area (Å²) >= 11 is 0. The summed E-state index contributed by atoms with van der Waals surface area (Å²) in [6, 6.07) is 8.98. The zero-order valence-corrected chi connectivity index (χ0v) is 15.1. The Morgan fingerprint density at radius 1 is 1.25 bits per heavy atom. The summed E-state index contributed by atoms with van der Waals surface area (Å²) in [4.78, 5) is 11.8. The smallest absolute Gasteiger partial charge is 0.221 e. The molecule has 3 rings (SSSR count). The van der Waals surface area contributed by atoms with Gasteiger partial charge in [0.25, 0.3) is 0 Å². The number of carbonyl (C=O) groups excluding carboxylic acids is 1. The van der Waals surface area contributed by atoms with Gasteiger partial charge in [-0.3, -0.25) is 4.79 Å². The SMILES string of the molecule is Cl.O=C(CC1CCCN1)NCCCOC1CCCc2ccccc21. The predicted molar refractivity (Wildman–Crippen MR) is 98.6 cm³/mol. The summed E-state index contributed by atoms with van der Waals surface area (Å²) in [5, 5.41) is 6.36. The fourth-order valence-electron chi connectivity index (χ4n) is 3.63. The molecule has 1 aromatic carbocycles. The number of hydrogen-bond donors (Lipinski definition) is 2. The first-order valence-electron chi connectivity index (χ1n) is 9.02. The van der Waals surface area contributed by atoms with E-state index in [0.717, 1.165) is 25.8 Å².